The highest BCUT2D eigenvalue weighted by Crippen LogP contribution is 2.09. The smallest absolute Gasteiger partial charge is 0.251 e. The average molecular weight is 269 g/mol. The molecule has 0 heterocycles. The molecule has 1 unspecified atom stereocenters. The highest BCUT2D eigenvalue weighted by molar-refractivity contribution is 6.17. The lowest BCUT2D eigenvalue weighted by Crippen LogP contribution is -2.47. The molecule has 4 nitrogen and oxygen atoms in total. The third-order valence-corrected chi connectivity index (χ3v) is 2.91. The number of nitrogens with two attached hydrogens (primary N) is 1. The molecule has 1 rings (SSSR count). The number of nitrogens with one attached hydrogen (secondary N) is 1. The lowest BCUT2D eigenvalue weighted by Gasteiger charge is -2.19. The van der Waals surface area contributed by atoms with E-state index in [2.05, 4.69) is 5.32 Å². The van der Waals surface area contributed by atoms with Gasteiger partial charge in [0.15, 0.2) is 0 Å². The molecule has 0 saturated heterocycles. The largest absolute Gasteiger partial charge is 0.368 e. The molecule has 0 aliphatic rings. The van der Waals surface area contributed by atoms with Crippen LogP contribution in [0.1, 0.15) is 29.8 Å². The van der Waals surface area contributed by atoms with Gasteiger partial charge in [-0.1, -0.05) is 26.0 Å². The van der Waals surface area contributed by atoms with Crippen molar-refractivity contribution in [3.8, 4) is 0 Å². The summed E-state index contributed by atoms with van der Waals surface area (Å²) >= 11 is 5.70. The Hall–Kier alpha value is -1.55. The molecule has 2 amide bonds. The first-order valence-electron chi connectivity index (χ1n) is 5.70. The van der Waals surface area contributed by atoms with E-state index in [1.165, 1.54) is 0 Å². The Balaban J connectivity index is 2.83. The SMILES string of the molecule is CC(C)C(NC(=O)c1cccc(CCl)c1)C(N)=O. The van der Waals surface area contributed by atoms with Crippen LogP contribution in [-0.2, 0) is 10.7 Å². The molecule has 1 aromatic carbocycles. The highest BCUT2D eigenvalue weighted by Gasteiger charge is 2.22. The Morgan fingerprint density at radius 2 is 2.06 bits per heavy atom. The van der Waals surface area contributed by atoms with Crippen LogP contribution in [0.25, 0.3) is 0 Å². The topological polar surface area (TPSA) is 72.2 Å². The van der Waals surface area contributed by atoms with Crippen molar-refractivity contribution in [3.05, 3.63) is 35.4 Å². The molecule has 5 heteroatoms. The standard InChI is InChI=1S/C13H17ClN2O2/c1-8(2)11(12(15)17)16-13(18)10-5-3-4-9(6-10)7-14/h3-6,8,11H,7H2,1-2H3,(H2,15,17)(H,16,18). The van der Waals surface area contributed by atoms with E-state index in [-0.39, 0.29) is 11.8 Å². The number of hydrogen-bond acceptors (Lipinski definition) is 2. The van der Waals surface area contributed by atoms with Crippen LogP contribution in [0, 0.1) is 5.92 Å². The summed E-state index contributed by atoms with van der Waals surface area (Å²) in [5, 5.41) is 2.63. The normalized spacial score (nSPS) is 12.2. The zero-order chi connectivity index (χ0) is 13.7. The fourth-order valence-electron chi connectivity index (χ4n) is 1.59. The molecular weight excluding hydrogens is 252 g/mol. The molecule has 0 fully saturated rings. The van der Waals surface area contributed by atoms with Gasteiger partial charge in [0.2, 0.25) is 5.91 Å². The summed E-state index contributed by atoms with van der Waals surface area (Å²) in [6.07, 6.45) is 0. The van der Waals surface area contributed by atoms with Crippen LogP contribution in [0.15, 0.2) is 24.3 Å². The van der Waals surface area contributed by atoms with Crippen LogP contribution in [0.5, 0.6) is 0 Å². The molecule has 0 aliphatic carbocycles. The van der Waals surface area contributed by atoms with Crippen molar-refractivity contribution < 1.29 is 9.59 Å². The Morgan fingerprint density at radius 1 is 1.39 bits per heavy atom. The van der Waals surface area contributed by atoms with Gasteiger partial charge in [-0.15, -0.1) is 11.6 Å². The van der Waals surface area contributed by atoms with Crippen molar-refractivity contribution in [1.82, 2.24) is 5.32 Å². The molecular formula is C13H17ClN2O2. The lowest BCUT2D eigenvalue weighted by molar-refractivity contribution is -0.120. The van der Waals surface area contributed by atoms with E-state index in [0.717, 1.165) is 5.56 Å². The number of halogens is 1. The van der Waals surface area contributed by atoms with Gasteiger partial charge in [0.1, 0.15) is 6.04 Å². The Labute approximate surface area is 112 Å². The fraction of sp³-hybridized carbons (Fsp3) is 0.385. The summed E-state index contributed by atoms with van der Waals surface area (Å²) in [4.78, 5) is 23.2. The van der Waals surface area contributed by atoms with E-state index in [4.69, 9.17) is 17.3 Å². The molecule has 3 N–H and O–H groups in total. The maximum absolute atomic E-state index is 12.0. The second-order valence-corrected chi connectivity index (χ2v) is 4.70. The highest BCUT2D eigenvalue weighted by atomic mass is 35.5. The van der Waals surface area contributed by atoms with E-state index in [1.54, 1.807) is 18.2 Å². The quantitative estimate of drug-likeness (QED) is 0.798. The Kier molecular flexibility index (Phi) is 5.16. The summed E-state index contributed by atoms with van der Waals surface area (Å²) in [7, 11) is 0. The molecule has 0 spiro atoms. The minimum atomic E-state index is -0.669. The zero-order valence-electron chi connectivity index (χ0n) is 10.4. The molecule has 0 radical (unpaired) electrons. The zero-order valence-corrected chi connectivity index (χ0v) is 11.2. The van der Waals surface area contributed by atoms with Crippen molar-refractivity contribution >= 4 is 23.4 Å². The summed E-state index contributed by atoms with van der Waals surface area (Å²) in [6.45, 7) is 3.65. The predicted octanol–water partition coefficient (Wildman–Crippen LogP) is 1.67. The van der Waals surface area contributed by atoms with Gasteiger partial charge in [0.05, 0.1) is 0 Å². The molecule has 0 bridgehead atoms. The van der Waals surface area contributed by atoms with Crippen molar-refractivity contribution in [2.24, 2.45) is 11.7 Å². The first kappa shape index (κ1) is 14.5. The van der Waals surface area contributed by atoms with Crippen LogP contribution in [0.4, 0.5) is 0 Å². The third-order valence-electron chi connectivity index (χ3n) is 2.60. The maximum atomic E-state index is 12.0. The number of benzene rings is 1. The van der Waals surface area contributed by atoms with Gasteiger partial charge >= 0.3 is 0 Å². The van der Waals surface area contributed by atoms with E-state index >= 15 is 0 Å². The van der Waals surface area contributed by atoms with Crippen LogP contribution < -0.4 is 11.1 Å². The van der Waals surface area contributed by atoms with Gasteiger partial charge in [0.25, 0.3) is 5.91 Å². The van der Waals surface area contributed by atoms with E-state index in [1.807, 2.05) is 19.9 Å². The first-order chi connectivity index (χ1) is 8.45. The second kappa shape index (κ2) is 6.40. The van der Waals surface area contributed by atoms with Gasteiger partial charge in [-0.05, 0) is 23.6 Å². The third kappa shape index (κ3) is 3.74. The minimum Gasteiger partial charge on any atom is -0.368 e. The van der Waals surface area contributed by atoms with Gasteiger partial charge in [-0.3, -0.25) is 9.59 Å². The first-order valence-corrected chi connectivity index (χ1v) is 6.24. The van der Waals surface area contributed by atoms with Crippen LogP contribution in [0.3, 0.4) is 0 Å². The summed E-state index contributed by atoms with van der Waals surface area (Å²) in [5.41, 5.74) is 6.57. The summed E-state index contributed by atoms with van der Waals surface area (Å²) in [5.74, 6) is -0.571. The number of carbonyl (C=O) groups is 2. The molecule has 18 heavy (non-hydrogen) atoms. The van der Waals surface area contributed by atoms with Crippen LogP contribution in [-0.4, -0.2) is 17.9 Å². The minimum absolute atomic E-state index is 0.0531. The Morgan fingerprint density at radius 3 is 2.56 bits per heavy atom. The van der Waals surface area contributed by atoms with Crippen molar-refractivity contribution in [2.45, 2.75) is 25.8 Å². The van der Waals surface area contributed by atoms with E-state index in [9.17, 15) is 9.59 Å². The van der Waals surface area contributed by atoms with E-state index in [0.29, 0.717) is 11.4 Å². The molecule has 0 aliphatic heterocycles. The van der Waals surface area contributed by atoms with Crippen molar-refractivity contribution in [1.29, 1.82) is 0 Å². The number of primary amides is 1. The Bertz CT molecular complexity index is 446. The average Bonchev–Trinajstić information content (AvgIpc) is 2.34. The van der Waals surface area contributed by atoms with Crippen LogP contribution in [0.2, 0.25) is 0 Å². The number of hydrogen-bond donors (Lipinski definition) is 2. The number of carbonyl (C=O) groups excluding carboxylic acids is 2. The summed E-state index contributed by atoms with van der Waals surface area (Å²) < 4.78 is 0. The van der Waals surface area contributed by atoms with Gasteiger partial charge in [-0.2, -0.15) is 0 Å². The van der Waals surface area contributed by atoms with Crippen molar-refractivity contribution in [3.63, 3.8) is 0 Å². The van der Waals surface area contributed by atoms with Gasteiger partial charge < -0.3 is 11.1 Å². The van der Waals surface area contributed by atoms with Crippen molar-refractivity contribution in [2.75, 3.05) is 0 Å². The van der Waals surface area contributed by atoms with E-state index < -0.39 is 11.9 Å². The van der Waals surface area contributed by atoms with Gasteiger partial charge in [0, 0.05) is 11.4 Å². The number of amides is 2. The monoisotopic (exact) mass is 268 g/mol. The molecule has 1 aromatic rings. The predicted molar refractivity (Wildman–Crippen MR) is 71.3 cm³/mol. The second-order valence-electron chi connectivity index (χ2n) is 4.43. The maximum Gasteiger partial charge on any atom is 0.251 e. The molecule has 1 atom stereocenters. The molecule has 0 aromatic heterocycles. The lowest BCUT2D eigenvalue weighted by atomic mass is 10.0. The molecule has 98 valence electrons. The number of rotatable bonds is 5. The number of alkyl halides is 1. The van der Waals surface area contributed by atoms with Crippen LogP contribution >= 0.6 is 11.6 Å². The fourth-order valence-corrected chi connectivity index (χ4v) is 1.75. The molecule has 0 saturated carbocycles. The summed E-state index contributed by atoms with van der Waals surface area (Å²) in [6, 6.07) is 6.28. The van der Waals surface area contributed by atoms with Gasteiger partial charge in [-0.25, -0.2) is 0 Å².